The Morgan fingerprint density at radius 1 is 1.03 bits per heavy atom. The molecule has 0 saturated heterocycles. The zero-order chi connectivity index (χ0) is 21.4. The van der Waals surface area contributed by atoms with Gasteiger partial charge < -0.3 is 15.4 Å². The van der Waals surface area contributed by atoms with E-state index in [1.807, 2.05) is 32.0 Å². The molecule has 6 heteroatoms. The summed E-state index contributed by atoms with van der Waals surface area (Å²) in [4.78, 5) is 26.6. The van der Waals surface area contributed by atoms with Gasteiger partial charge in [0.2, 0.25) is 11.8 Å². The second-order valence-electron chi connectivity index (χ2n) is 7.22. The van der Waals surface area contributed by atoms with E-state index in [2.05, 4.69) is 36.6 Å². The maximum atomic E-state index is 12.5. The molecule has 29 heavy (non-hydrogen) atoms. The fraction of sp³-hybridized carbons (Fsp3) is 0.391. The summed E-state index contributed by atoms with van der Waals surface area (Å²) in [5, 5.41) is 5.86. The highest BCUT2D eigenvalue weighted by molar-refractivity contribution is 5.92. The largest absolute Gasteiger partial charge is 0.497 e. The van der Waals surface area contributed by atoms with E-state index in [1.165, 1.54) is 11.1 Å². The Kier molecular flexibility index (Phi) is 8.21. The van der Waals surface area contributed by atoms with Crippen molar-refractivity contribution in [2.24, 2.45) is 0 Å². The number of anilines is 1. The van der Waals surface area contributed by atoms with E-state index in [0.29, 0.717) is 18.0 Å². The van der Waals surface area contributed by atoms with Crippen molar-refractivity contribution in [2.75, 3.05) is 32.1 Å². The number of methoxy groups -OCH3 is 1. The molecule has 1 atom stereocenters. The minimum absolute atomic E-state index is 0.0916. The number of nitrogens with one attached hydrogen (secondary N) is 2. The number of hydrogen-bond donors (Lipinski definition) is 2. The third-order valence-corrected chi connectivity index (χ3v) is 4.94. The molecule has 2 aromatic carbocycles. The van der Waals surface area contributed by atoms with Gasteiger partial charge in [0.25, 0.3) is 0 Å². The molecule has 0 aromatic heterocycles. The minimum Gasteiger partial charge on any atom is -0.497 e. The Morgan fingerprint density at radius 3 is 2.41 bits per heavy atom. The molecular weight excluding hydrogens is 366 g/mol. The fourth-order valence-electron chi connectivity index (χ4n) is 2.99. The predicted octanol–water partition coefficient (Wildman–Crippen LogP) is 3.45. The summed E-state index contributed by atoms with van der Waals surface area (Å²) in [6.45, 7) is 8.92. The van der Waals surface area contributed by atoms with Crippen LogP contribution in [0.4, 0.5) is 5.69 Å². The molecule has 0 spiro atoms. The van der Waals surface area contributed by atoms with Crippen LogP contribution >= 0.6 is 0 Å². The van der Waals surface area contributed by atoms with Gasteiger partial charge in [-0.2, -0.15) is 0 Å². The molecule has 0 aliphatic heterocycles. The Hall–Kier alpha value is -2.86. The lowest BCUT2D eigenvalue weighted by Gasteiger charge is -2.21. The molecule has 0 unspecified atom stereocenters. The summed E-state index contributed by atoms with van der Waals surface area (Å²) in [6, 6.07) is 13.3. The number of likely N-dealkylation sites (N-methyl/N-ethyl adjacent to an activating group) is 1. The molecule has 6 nitrogen and oxygen atoms in total. The van der Waals surface area contributed by atoms with Gasteiger partial charge in [-0.25, -0.2) is 0 Å². The van der Waals surface area contributed by atoms with Crippen LogP contribution < -0.4 is 15.4 Å². The van der Waals surface area contributed by atoms with Crippen LogP contribution in [0, 0.1) is 13.8 Å². The molecule has 2 amide bonds. The zero-order valence-electron chi connectivity index (χ0n) is 17.9. The molecule has 0 saturated carbocycles. The van der Waals surface area contributed by atoms with Gasteiger partial charge in [-0.05, 0) is 56.1 Å². The lowest BCUT2D eigenvalue weighted by molar-refractivity contribution is -0.123. The van der Waals surface area contributed by atoms with Crippen molar-refractivity contribution in [3.63, 3.8) is 0 Å². The van der Waals surface area contributed by atoms with Gasteiger partial charge in [0, 0.05) is 11.8 Å². The summed E-state index contributed by atoms with van der Waals surface area (Å²) in [5.74, 6) is 0.400. The molecule has 0 aliphatic carbocycles. The van der Waals surface area contributed by atoms with Crippen molar-refractivity contribution in [3.8, 4) is 5.75 Å². The number of hydrogen-bond acceptors (Lipinski definition) is 4. The maximum absolute atomic E-state index is 12.5. The van der Waals surface area contributed by atoms with E-state index >= 15 is 0 Å². The highest BCUT2D eigenvalue weighted by Gasteiger charge is 2.16. The average molecular weight is 398 g/mol. The molecule has 2 rings (SSSR count). The van der Waals surface area contributed by atoms with Gasteiger partial charge in [0.15, 0.2) is 0 Å². The summed E-state index contributed by atoms with van der Waals surface area (Å²) < 4.78 is 5.16. The first-order valence-electron chi connectivity index (χ1n) is 9.85. The molecule has 0 aliphatic rings. The van der Waals surface area contributed by atoms with E-state index in [9.17, 15) is 9.59 Å². The Labute approximate surface area is 173 Å². The van der Waals surface area contributed by atoms with Crippen LogP contribution in [0.2, 0.25) is 0 Å². The zero-order valence-corrected chi connectivity index (χ0v) is 17.9. The van der Waals surface area contributed by atoms with Crippen LogP contribution in [0.25, 0.3) is 0 Å². The van der Waals surface area contributed by atoms with Crippen LogP contribution in [0.1, 0.15) is 36.6 Å². The van der Waals surface area contributed by atoms with E-state index in [4.69, 9.17) is 4.74 Å². The fourth-order valence-corrected chi connectivity index (χ4v) is 2.99. The van der Waals surface area contributed by atoms with Crippen molar-refractivity contribution in [3.05, 3.63) is 59.2 Å². The highest BCUT2D eigenvalue weighted by Crippen LogP contribution is 2.17. The van der Waals surface area contributed by atoms with Crippen LogP contribution in [-0.2, 0) is 9.59 Å². The summed E-state index contributed by atoms with van der Waals surface area (Å²) in [7, 11) is 1.58. The summed E-state index contributed by atoms with van der Waals surface area (Å²) in [6.07, 6.45) is 0. The predicted molar refractivity (Wildman–Crippen MR) is 116 cm³/mol. The lowest BCUT2D eigenvalue weighted by Crippen LogP contribution is -2.41. The number of ether oxygens (including phenoxy) is 1. The van der Waals surface area contributed by atoms with Gasteiger partial charge in [-0.15, -0.1) is 0 Å². The van der Waals surface area contributed by atoms with Crippen molar-refractivity contribution in [2.45, 2.75) is 33.7 Å². The number of aryl methyl sites for hydroxylation is 2. The Bertz CT molecular complexity index is 851. The third-order valence-electron chi connectivity index (χ3n) is 4.94. The van der Waals surface area contributed by atoms with E-state index < -0.39 is 0 Å². The first-order valence-corrected chi connectivity index (χ1v) is 9.85. The standard InChI is InChI=1S/C23H31N3O3/c1-6-26(15-23(28)25-20-8-7-9-21(13-20)29-5)14-22(27)24-18(4)19-11-10-16(2)17(3)12-19/h7-13,18H,6,14-15H2,1-5H3,(H,24,27)(H,25,28)/t18-/m0/s1. The average Bonchev–Trinajstić information content (AvgIpc) is 2.69. The van der Waals surface area contributed by atoms with Gasteiger partial charge in [-0.1, -0.05) is 31.2 Å². The minimum atomic E-state index is -0.171. The number of amides is 2. The molecular formula is C23H31N3O3. The van der Waals surface area contributed by atoms with Gasteiger partial charge in [0.05, 0.1) is 26.2 Å². The van der Waals surface area contributed by atoms with E-state index in [-0.39, 0.29) is 30.9 Å². The van der Waals surface area contributed by atoms with Crippen LogP contribution in [0.3, 0.4) is 0 Å². The molecule has 0 bridgehead atoms. The topological polar surface area (TPSA) is 70.7 Å². The molecule has 0 fully saturated rings. The first kappa shape index (κ1) is 22.4. The van der Waals surface area contributed by atoms with Crippen molar-refractivity contribution >= 4 is 17.5 Å². The molecule has 2 N–H and O–H groups in total. The monoisotopic (exact) mass is 397 g/mol. The maximum Gasteiger partial charge on any atom is 0.238 e. The number of nitrogens with zero attached hydrogens (tertiary/aromatic N) is 1. The van der Waals surface area contributed by atoms with Gasteiger partial charge >= 0.3 is 0 Å². The SMILES string of the molecule is CCN(CC(=O)Nc1cccc(OC)c1)CC(=O)N[C@@H](C)c1ccc(C)c(C)c1. The number of benzene rings is 2. The Balaban J connectivity index is 1.88. The smallest absolute Gasteiger partial charge is 0.238 e. The summed E-state index contributed by atoms with van der Waals surface area (Å²) >= 11 is 0. The molecule has 0 heterocycles. The molecule has 0 radical (unpaired) electrons. The van der Waals surface area contributed by atoms with Gasteiger partial charge in [-0.3, -0.25) is 14.5 Å². The van der Waals surface area contributed by atoms with Crippen LogP contribution in [-0.4, -0.2) is 43.5 Å². The molecule has 2 aromatic rings. The highest BCUT2D eigenvalue weighted by atomic mass is 16.5. The normalized spacial score (nSPS) is 11.8. The number of carbonyl (C=O) groups excluding carboxylic acids is 2. The lowest BCUT2D eigenvalue weighted by atomic mass is 10.0. The van der Waals surface area contributed by atoms with Crippen LogP contribution in [0.15, 0.2) is 42.5 Å². The quantitative estimate of drug-likeness (QED) is 0.680. The van der Waals surface area contributed by atoms with E-state index in [1.54, 1.807) is 24.1 Å². The van der Waals surface area contributed by atoms with E-state index in [0.717, 1.165) is 5.56 Å². The first-order chi connectivity index (χ1) is 13.8. The number of carbonyl (C=O) groups is 2. The van der Waals surface area contributed by atoms with Crippen molar-refractivity contribution in [1.29, 1.82) is 0 Å². The number of rotatable bonds is 9. The van der Waals surface area contributed by atoms with Crippen molar-refractivity contribution in [1.82, 2.24) is 10.2 Å². The summed E-state index contributed by atoms with van der Waals surface area (Å²) in [5.41, 5.74) is 4.16. The second kappa shape index (κ2) is 10.6. The molecule has 156 valence electrons. The van der Waals surface area contributed by atoms with Gasteiger partial charge in [0.1, 0.15) is 5.75 Å². The third kappa shape index (κ3) is 6.91. The van der Waals surface area contributed by atoms with Crippen LogP contribution in [0.5, 0.6) is 5.75 Å². The Morgan fingerprint density at radius 2 is 1.76 bits per heavy atom. The van der Waals surface area contributed by atoms with Crippen molar-refractivity contribution < 1.29 is 14.3 Å². The second-order valence-corrected chi connectivity index (χ2v) is 7.22.